The Hall–Kier alpha value is -1.43. The molecule has 0 saturated carbocycles. The van der Waals surface area contributed by atoms with Crippen LogP contribution in [0.15, 0.2) is 24.3 Å². The van der Waals surface area contributed by atoms with Crippen molar-refractivity contribution in [3.63, 3.8) is 0 Å². The van der Waals surface area contributed by atoms with Crippen molar-refractivity contribution in [1.82, 2.24) is 0 Å². The summed E-state index contributed by atoms with van der Waals surface area (Å²) in [6.45, 7) is 0. The Morgan fingerprint density at radius 1 is 1.57 bits per heavy atom. The van der Waals surface area contributed by atoms with Crippen molar-refractivity contribution < 1.29 is 9.13 Å². The van der Waals surface area contributed by atoms with Gasteiger partial charge in [0.15, 0.2) is 0 Å². The zero-order valence-electron chi connectivity index (χ0n) is 7.60. The number of rotatable bonds is 3. The molecule has 0 bridgehead atoms. The Balaban J connectivity index is 3.01. The number of benzene rings is 1. The first-order valence-electron chi connectivity index (χ1n) is 3.83. The average Bonchev–Trinajstić information content (AvgIpc) is 2.01. The average molecular weight is 214 g/mol. The van der Waals surface area contributed by atoms with Crippen molar-refractivity contribution in [1.29, 1.82) is 4.78 Å². The van der Waals surface area contributed by atoms with E-state index in [1.165, 1.54) is 24.5 Å². The van der Waals surface area contributed by atoms with Crippen LogP contribution in [-0.2, 0) is 15.5 Å². The highest BCUT2D eigenvalue weighted by molar-refractivity contribution is 7.90. The predicted molar refractivity (Wildman–Crippen MR) is 53.6 cm³/mol. The zero-order valence-corrected chi connectivity index (χ0v) is 8.41. The van der Waals surface area contributed by atoms with Crippen LogP contribution in [0.5, 0.6) is 0 Å². The highest BCUT2D eigenvalue weighted by Crippen LogP contribution is 2.14. The topological polar surface area (TPSA) is 84.1 Å². The molecule has 0 radical (unpaired) electrons. The minimum atomic E-state index is -2.64. The van der Waals surface area contributed by atoms with E-state index in [1.54, 1.807) is 6.07 Å². The monoisotopic (exact) mass is 214 g/mol. The molecular formula is C8H10N2O3S. The quantitative estimate of drug-likeness (QED) is 0.614. The van der Waals surface area contributed by atoms with Crippen molar-refractivity contribution in [2.75, 3.05) is 6.26 Å². The lowest BCUT2D eigenvalue weighted by atomic mass is 10.2. The lowest BCUT2D eigenvalue weighted by Crippen LogP contribution is -1.99. The minimum Gasteiger partial charge on any atom is -0.258 e. The molecule has 1 N–H and O–H groups in total. The molecule has 0 aliphatic rings. The Bertz CT molecular complexity index is 453. The maximum absolute atomic E-state index is 11.1. The molecule has 0 aliphatic heterocycles. The summed E-state index contributed by atoms with van der Waals surface area (Å²) in [5.41, 5.74) is 0.521. The number of hydrogen-bond donors (Lipinski definition) is 1. The summed E-state index contributed by atoms with van der Waals surface area (Å²) >= 11 is 0. The number of hydrogen-bond acceptors (Lipinski definition) is 4. The fourth-order valence-electron chi connectivity index (χ4n) is 1.08. The molecule has 0 amide bonds. The molecule has 5 nitrogen and oxygen atoms in total. The van der Waals surface area contributed by atoms with Crippen LogP contribution in [-0.4, -0.2) is 15.4 Å². The van der Waals surface area contributed by atoms with Gasteiger partial charge in [0.2, 0.25) is 0 Å². The van der Waals surface area contributed by atoms with Crippen molar-refractivity contribution in [3.8, 4) is 0 Å². The van der Waals surface area contributed by atoms with Gasteiger partial charge >= 0.3 is 0 Å². The molecule has 1 atom stereocenters. The third-order valence-electron chi connectivity index (χ3n) is 1.56. The normalized spacial score (nSPS) is 14.6. The van der Waals surface area contributed by atoms with Gasteiger partial charge < -0.3 is 0 Å². The van der Waals surface area contributed by atoms with Gasteiger partial charge in [-0.05, 0) is 5.56 Å². The Labute approximate surface area is 81.9 Å². The van der Waals surface area contributed by atoms with Gasteiger partial charge in [-0.2, -0.15) is 0 Å². The summed E-state index contributed by atoms with van der Waals surface area (Å²) in [6, 6.07) is 5.87. The van der Waals surface area contributed by atoms with Crippen LogP contribution in [0.25, 0.3) is 0 Å². The summed E-state index contributed by atoms with van der Waals surface area (Å²) in [7, 11) is -2.64. The highest BCUT2D eigenvalue weighted by Gasteiger charge is 2.07. The molecule has 1 aromatic rings. The third kappa shape index (κ3) is 3.14. The predicted octanol–water partition coefficient (Wildman–Crippen LogP) is 1.77. The van der Waals surface area contributed by atoms with E-state index in [4.69, 9.17) is 4.78 Å². The minimum absolute atomic E-state index is 0.0360. The second-order valence-corrected chi connectivity index (χ2v) is 5.37. The molecule has 6 heteroatoms. The molecule has 0 aliphatic carbocycles. The first-order valence-corrected chi connectivity index (χ1v) is 5.97. The lowest BCUT2D eigenvalue weighted by molar-refractivity contribution is -0.384. The van der Waals surface area contributed by atoms with Gasteiger partial charge in [0.25, 0.3) is 5.69 Å². The number of nitrogens with zero attached hydrogens (tertiary/aromatic N) is 1. The third-order valence-corrected chi connectivity index (χ3v) is 2.45. The summed E-state index contributed by atoms with van der Waals surface area (Å²) < 4.78 is 18.3. The molecule has 14 heavy (non-hydrogen) atoms. The molecule has 0 spiro atoms. The highest BCUT2D eigenvalue weighted by atomic mass is 32.2. The lowest BCUT2D eigenvalue weighted by Gasteiger charge is -2.00. The van der Waals surface area contributed by atoms with Crippen LogP contribution < -0.4 is 0 Å². The smallest absolute Gasteiger partial charge is 0.258 e. The second-order valence-electron chi connectivity index (χ2n) is 3.08. The van der Waals surface area contributed by atoms with Gasteiger partial charge in [-0.3, -0.25) is 14.9 Å². The number of nitrogens with one attached hydrogen (secondary N) is 1. The van der Waals surface area contributed by atoms with E-state index in [0.717, 1.165) is 0 Å². The second kappa shape index (κ2) is 3.75. The van der Waals surface area contributed by atoms with Gasteiger partial charge in [-0.15, -0.1) is 0 Å². The van der Waals surface area contributed by atoms with Crippen LogP contribution in [0.3, 0.4) is 0 Å². The van der Waals surface area contributed by atoms with E-state index in [9.17, 15) is 14.3 Å². The van der Waals surface area contributed by atoms with E-state index < -0.39 is 14.7 Å². The Morgan fingerprint density at radius 3 is 2.71 bits per heavy atom. The van der Waals surface area contributed by atoms with Crippen molar-refractivity contribution in [2.24, 2.45) is 0 Å². The van der Waals surface area contributed by atoms with Crippen LogP contribution in [0.1, 0.15) is 5.56 Å². The summed E-state index contributed by atoms with van der Waals surface area (Å²) in [5, 5.41) is 10.4. The van der Waals surface area contributed by atoms with E-state index in [2.05, 4.69) is 0 Å². The van der Waals surface area contributed by atoms with E-state index in [0.29, 0.717) is 5.56 Å². The summed E-state index contributed by atoms with van der Waals surface area (Å²) in [4.78, 5) is 9.90. The molecule has 0 aromatic heterocycles. The van der Waals surface area contributed by atoms with Crippen LogP contribution in [0, 0.1) is 14.9 Å². The van der Waals surface area contributed by atoms with Crippen LogP contribution >= 0.6 is 0 Å². The van der Waals surface area contributed by atoms with Crippen molar-refractivity contribution in [2.45, 2.75) is 5.75 Å². The van der Waals surface area contributed by atoms with Gasteiger partial charge in [0, 0.05) is 28.1 Å². The zero-order chi connectivity index (χ0) is 10.8. The maximum Gasteiger partial charge on any atom is 0.269 e. The molecule has 1 aromatic carbocycles. The largest absolute Gasteiger partial charge is 0.269 e. The van der Waals surface area contributed by atoms with Gasteiger partial charge in [0.05, 0.1) is 10.7 Å². The standard InChI is InChI=1S/C8H10N2O3S/c1-14(9,13)6-7-3-2-4-8(5-7)10(11)12/h2-5,9H,6H2,1H3. The summed E-state index contributed by atoms with van der Waals surface area (Å²) in [6.07, 6.45) is 1.31. The number of non-ortho nitro benzene ring substituents is 1. The first kappa shape index (κ1) is 10.6. The molecule has 0 fully saturated rings. The van der Waals surface area contributed by atoms with E-state index in [1.807, 2.05) is 0 Å². The molecule has 1 rings (SSSR count). The van der Waals surface area contributed by atoms with Gasteiger partial charge in [-0.25, -0.2) is 4.21 Å². The number of nitro benzene ring substituents is 1. The van der Waals surface area contributed by atoms with Crippen molar-refractivity contribution >= 4 is 15.4 Å². The van der Waals surface area contributed by atoms with E-state index >= 15 is 0 Å². The van der Waals surface area contributed by atoms with Crippen LogP contribution in [0.2, 0.25) is 0 Å². The van der Waals surface area contributed by atoms with E-state index in [-0.39, 0.29) is 11.4 Å². The SMILES string of the molecule is CS(=N)(=O)Cc1cccc([N+](=O)[O-])c1. The maximum atomic E-state index is 11.1. The van der Waals surface area contributed by atoms with Gasteiger partial charge in [-0.1, -0.05) is 12.1 Å². The molecule has 0 saturated heterocycles. The fourth-order valence-corrected chi connectivity index (χ4v) is 1.89. The molecule has 1 unspecified atom stereocenters. The number of nitro groups is 1. The molecular weight excluding hydrogens is 204 g/mol. The van der Waals surface area contributed by atoms with Crippen molar-refractivity contribution in [3.05, 3.63) is 39.9 Å². The first-order chi connectivity index (χ1) is 6.38. The van der Waals surface area contributed by atoms with Crippen LogP contribution in [0.4, 0.5) is 5.69 Å². The molecule has 76 valence electrons. The Morgan fingerprint density at radius 2 is 2.21 bits per heavy atom. The fraction of sp³-hybridized carbons (Fsp3) is 0.250. The summed E-state index contributed by atoms with van der Waals surface area (Å²) in [5.74, 6) is 0.0503. The molecule has 0 heterocycles. The Kier molecular flexibility index (Phi) is 2.85. The van der Waals surface area contributed by atoms with Gasteiger partial charge in [0.1, 0.15) is 0 Å².